The number of amides is 1. The van der Waals surface area contributed by atoms with E-state index in [2.05, 4.69) is 10.4 Å². The number of carbonyl (C=O) groups is 1. The molecule has 0 saturated heterocycles. The van der Waals surface area contributed by atoms with Crippen molar-refractivity contribution < 1.29 is 4.79 Å². The Morgan fingerprint density at radius 1 is 1.32 bits per heavy atom. The molecule has 1 aromatic heterocycles. The van der Waals surface area contributed by atoms with Gasteiger partial charge in [0.1, 0.15) is 0 Å². The fourth-order valence-corrected chi connectivity index (χ4v) is 2.03. The predicted octanol–water partition coefficient (Wildman–Crippen LogP) is 1.00. The van der Waals surface area contributed by atoms with E-state index in [0.29, 0.717) is 11.1 Å². The first-order valence-electron chi connectivity index (χ1n) is 6.23. The molecule has 0 saturated carbocycles. The molecule has 5 nitrogen and oxygen atoms in total. The Hall–Kier alpha value is -2.17. The summed E-state index contributed by atoms with van der Waals surface area (Å²) < 4.78 is 1.28. The van der Waals surface area contributed by atoms with E-state index in [9.17, 15) is 9.59 Å². The van der Waals surface area contributed by atoms with E-state index in [1.807, 2.05) is 32.0 Å². The summed E-state index contributed by atoms with van der Waals surface area (Å²) in [4.78, 5) is 23.8. The number of nitrogens with zero attached hydrogens (tertiary/aromatic N) is 2. The van der Waals surface area contributed by atoms with Crippen molar-refractivity contribution in [3.05, 3.63) is 40.3 Å². The summed E-state index contributed by atoms with van der Waals surface area (Å²) in [6, 6.07) is 7.31. The molecule has 0 fully saturated rings. The van der Waals surface area contributed by atoms with Gasteiger partial charge in [-0.1, -0.05) is 18.2 Å². The van der Waals surface area contributed by atoms with E-state index in [4.69, 9.17) is 0 Å². The van der Waals surface area contributed by atoms with Crippen molar-refractivity contribution in [1.29, 1.82) is 0 Å². The third-order valence-corrected chi connectivity index (χ3v) is 2.81. The number of hydrogen-bond acceptors (Lipinski definition) is 3. The minimum absolute atomic E-state index is 0.0892. The standard InChI is InChI=1S/C14H17N3O2/c1-9(2)15-13(18)8-12-10-6-4-5-7-11(10)14(19)17(3)16-12/h4-7,9H,8H2,1-3H3,(H,15,18). The molecule has 0 atom stereocenters. The molecule has 1 aromatic carbocycles. The number of rotatable bonds is 3. The van der Waals surface area contributed by atoms with Crippen molar-refractivity contribution in [2.45, 2.75) is 26.3 Å². The molecular weight excluding hydrogens is 242 g/mol. The summed E-state index contributed by atoms with van der Waals surface area (Å²) in [6.07, 6.45) is 0.173. The maximum absolute atomic E-state index is 11.9. The zero-order valence-electron chi connectivity index (χ0n) is 11.3. The van der Waals surface area contributed by atoms with Gasteiger partial charge in [-0.25, -0.2) is 4.68 Å². The van der Waals surface area contributed by atoms with Gasteiger partial charge in [0, 0.05) is 18.5 Å². The summed E-state index contributed by atoms with van der Waals surface area (Å²) in [5, 5.41) is 8.35. The molecule has 19 heavy (non-hydrogen) atoms. The number of hydrogen-bond donors (Lipinski definition) is 1. The van der Waals surface area contributed by atoms with Crippen LogP contribution in [0.25, 0.3) is 10.8 Å². The quantitative estimate of drug-likeness (QED) is 0.894. The summed E-state index contributed by atoms with van der Waals surface area (Å²) >= 11 is 0. The first-order chi connectivity index (χ1) is 8.99. The van der Waals surface area contributed by atoms with Crippen LogP contribution in [-0.2, 0) is 18.3 Å². The van der Waals surface area contributed by atoms with E-state index in [0.717, 1.165) is 5.39 Å². The Morgan fingerprint density at radius 2 is 1.95 bits per heavy atom. The van der Waals surface area contributed by atoms with Crippen molar-refractivity contribution in [3.8, 4) is 0 Å². The Bertz CT molecular complexity index is 674. The highest BCUT2D eigenvalue weighted by molar-refractivity contribution is 5.88. The molecule has 1 amide bonds. The number of aryl methyl sites for hydroxylation is 1. The maximum Gasteiger partial charge on any atom is 0.274 e. The maximum atomic E-state index is 11.9. The normalized spacial score (nSPS) is 10.9. The van der Waals surface area contributed by atoms with Gasteiger partial charge in [0.25, 0.3) is 5.56 Å². The molecule has 1 heterocycles. The summed E-state index contributed by atoms with van der Waals surface area (Å²) in [5.74, 6) is -0.0914. The van der Waals surface area contributed by atoms with Gasteiger partial charge < -0.3 is 5.32 Å². The second kappa shape index (κ2) is 5.22. The largest absolute Gasteiger partial charge is 0.354 e. The molecule has 2 aromatic rings. The minimum Gasteiger partial charge on any atom is -0.354 e. The Labute approximate surface area is 111 Å². The number of fused-ring (bicyclic) bond motifs is 1. The van der Waals surface area contributed by atoms with Crippen LogP contribution in [-0.4, -0.2) is 21.7 Å². The number of nitrogens with one attached hydrogen (secondary N) is 1. The van der Waals surface area contributed by atoms with Gasteiger partial charge in [0.05, 0.1) is 17.5 Å². The zero-order chi connectivity index (χ0) is 14.0. The van der Waals surface area contributed by atoms with Crippen molar-refractivity contribution in [2.24, 2.45) is 7.05 Å². The molecule has 5 heteroatoms. The van der Waals surface area contributed by atoms with Crippen LogP contribution in [0.4, 0.5) is 0 Å². The average Bonchev–Trinajstić information content (AvgIpc) is 2.34. The summed E-state index contributed by atoms with van der Waals surface area (Å²) in [5.41, 5.74) is 0.472. The van der Waals surface area contributed by atoms with Crippen LogP contribution in [0.1, 0.15) is 19.5 Å². The van der Waals surface area contributed by atoms with E-state index in [1.54, 1.807) is 13.1 Å². The lowest BCUT2D eigenvalue weighted by Crippen LogP contribution is -2.32. The van der Waals surface area contributed by atoms with Crippen LogP contribution in [0.5, 0.6) is 0 Å². The molecule has 0 aliphatic rings. The molecule has 0 bridgehead atoms. The van der Waals surface area contributed by atoms with Crippen molar-refractivity contribution in [1.82, 2.24) is 15.1 Å². The highest BCUT2D eigenvalue weighted by atomic mass is 16.1. The van der Waals surface area contributed by atoms with Crippen molar-refractivity contribution >= 4 is 16.7 Å². The van der Waals surface area contributed by atoms with Gasteiger partial charge in [-0.2, -0.15) is 5.10 Å². The highest BCUT2D eigenvalue weighted by Crippen LogP contribution is 2.13. The number of benzene rings is 1. The Morgan fingerprint density at radius 3 is 2.58 bits per heavy atom. The SMILES string of the molecule is CC(C)NC(=O)Cc1nn(C)c(=O)c2ccccc12. The highest BCUT2D eigenvalue weighted by Gasteiger charge is 2.12. The lowest BCUT2D eigenvalue weighted by molar-refractivity contribution is -0.120. The topological polar surface area (TPSA) is 64.0 Å². The zero-order valence-corrected chi connectivity index (χ0v) is 11.3. The lowest BCUT2D eigenvalue weighted by Gasteiger charge is -2.10. The molecule has 0 unspecified atom stereocenters. The third-order valence-electron chi connectivity index (χ3n) is 2.81. The van der Waals surface area contributed by atoms with Gasteiger partial charge in [-0.05, 0) is 19.9 Å². The first-order valence-corrected chi connectivity index (χ1v) is 6.23. The van der Waals surface area contributed by atoms with Crippen LogP contribution in [0.2, 0.25) is 0 Å². The Kier molecular flexibility index (Phi) is 3.64. The van der Waals surface area contributed by atoms with Crippen LogP contribution in [0.3, 0.4) is 0 Å². The third kappa shape index (κ3) is 2.81. The van der Waals surface area contributed by atoms with Crippen molar-refractivity contribution in [2.75, 3.05) is 0 Å². The molecular formula is C14H17N3O2. The van der Waals surface area contributed by atoms with E-state index < -0.39 is 0 Å². The van der Waals surface area contributed by atoms with Crippen LogP contribution in [0.15, 0.2) is 29.1 Å². The summed E-state index contributed by atoms with van der Waals surface area (Å²) in [6.45, 7) is 3.81. The second-order valence-corrected chi connectivity index (χ2v) is 4.82. The number of carbonyl (C=O) groups excluding carboxylic acids is 1. The van der Waals surface area contributed by atoms with Gasteiger partial charge in [0.15, 0.2) is 0 Å². The van der Waals surface area contributed by atoms with E-state index >= 15 is 0 Å². The monoisotopic (exact) mass is 259 g/mol. The Balaban J connectivity index is 2.46. The van der Waals surface area contributed by atoms with Crippen LogP contribution in [0, 0.1) is 0 Å². The molecule has 0 aliphatic carbocycles. The van der Waals surface area contributed by atoms with Gasteiger partial charge in [-0.15, -0.1) is 0 Å². The lowest BCUT2D eigenvalue weighted by atomic mass is 10.1. The molecule has 1 N–H and O–H groups in total. The molecule has 100 valence electrons. The van der Waals surface area contributed by atoms with Gasteiger partial charge >= 0.3 is 0 Å². The number of aromatic nitrogens is 2. The van der Waals surface area contributed by atoms with Gasteiger partial charge in [0.2, 0.25) is 5.91 Å². The van der Waals surface area contributed by atoms with Crippen molar-refractivity contribution in [3.63, 3.8) is 0 Å². The first kappa shape index (κ1) is 13.3. The second-order valence-electron chi connectivity index (χ2n) is 4.82. The predicted molar refractivity (Wildman–Crippen MR) is 74.0 cm³/mol. The minimum atomic E-state index is -0.149. The molecule has 2 rings (SSSR count). The van der Waals surface area contributed by atoms with E-state index in [-0.39, 0.29) is 23.9 Å². The molecule has 0 aliphatic heterocycles. The average molecular weight is 259 g/mol. The molecule has 0 radical (unpaired) electrons. The molecule has 0 spiro atoms. The fourth-order valence-electron chi connectivity index (χ4n) is 2.03. The smallest absolute Gasteiger partial charge is 0.274 e. The summed E-state index contributed by atoms with van der Waals surface area (Å²) in [7, 11) is 1.60. The van der Waals surface area contributed by atoms with E-state index in [1.165, 1.54) is 4.68 Å². The van der Waals surface area contributed by atoms with Crippen LogP contribution < -0.4 is 10.9 Å². The van der Waals surface area contributed by atoms with Crippen LogP contribution >= 0.6 is 0 Å². The van der Waals surface area contributed by atoms with Gasteiger partial charge in [-0.3, -0.25) is 9.59 Å². The fraction of sp³-hybridized carbons (Fsp3) is 0.357.